The maximum absolute atomic E-state index is 13.8. The summed E-state index contributed by atoms with van der Waals surface area (Å²) in [5.41, 5.74) is 11.6. The number of amides is 6. The molecule has 55 heavy (non-hydrogen) atoms. The molecule has 20 nitrogen and oxygen atoms in total. The average Bonchev–Trinajstić information content (AvgIpc) is 3.80. The zero-order valence-corrected chi connectivity index (χ0v) is 32.0. The van der Waals surface area contributed by atoms with E-state index in [9.17, 15) is 58.5 Å². The second-order valence-electron chi connectivity index (χ2n) is 14.8. The van der Waals surface area contributed by atoms with E-state index in [0.717, 1.165) is 9.80 Å². The van der Waals surface area contributed by atoms with E-state index in [1.54, 1.807) is 27.7 Å². The lowest BCUT2D eigenvalue weighted by Crippen LogP contribution is -2.60. The summed E-state index contributed by atoms with van der Waals surface area (Å²) in [6.45, 7) is 7.29. The molecule has 2 saturated heterocycles. The zero-order chi connectivity index (χ0) is 41.6. The van der Waals surface area contributed by atoms with Gasteiger partial charge >= 0.3 is 17.9 Å². The molecular weight excluding hydrogens is 724 g/mol. The van der Waals surface area contributed by atoms with Crippen LogP contribution in [0, 0.1) is 11.8 Å². The Morgan fingerprint density at radius 3 is 1.60 bits per heavy atom. The number of aliphatic carboxylic acids is 3. The maximum Gasteiger partial charge on any atom is 0.326 e. The Morgan fingerprint density at radius 2 is 1.13 bits per heavy atom. The van der Waals surface area contributed by atoms with Crippen LogP contribution >= 0.6 is 0 Å². The third kappa shape index (κ3) is 14.1. The summed E-state index contributed by atoms with van der Waals surface area (Å²) in [6, 6.07) is -9.01. The smallest absolute Gasteiger partial charge is 0.326 e. The Kier molecular flexibility index (Phi) is 18.4. The number of hydrogen-bond donors (Lipinski definition) is 9. The van der Waals surface area contributed by atoms with Gasteiger partial charge in [-0.05, 0) is 69.7 Å². The lowest BCUT2D eigenvalue weighted by molar-refractivity contribution is -0.150. The number of carboxylic acid groups (broad SMARTS) is 3. The van der Waals surface area contributed by atoms with Crippen LogP contribution in [0.25, 0.3) is 0 Å². The van der Waals surface area contributed by atoms with E-state index in [0.29, 0.717) is 25.7 Å². The molecule has 0 saturated carbocycles. The Hall–Kier alpha value is -4.85. The summed E-state index contributed by atoms with van der Waals surface area (Å²) in [6.07, 6.45) is 0.437. The Balaban J connectivity index is 2.30. The lowest BCUT2D eigenvalue weighted by Gasteiger charge is -2.31. The fourth-order valence-corrected chi connectivity index (χ4v) is 6.59. The first-order valence-electron chi connectivity index (χ1n) is 18.7. The van der Waals surface area contributed by atoms with Crippen molar-refractivity contribution < 1.29 is 58.5 Å². The highest BCUT2D eigenvalue weighted by molar-refractivity contribution is 5.98. The number of nitrogens with zero attached hydrogens (tertiary/aromatic N) is 2. The van der Waals surface area contributed by atoms with Crippen molar-refractivity contribution >= 4 is 53.4 Å². The van der Waals surface area contributed by atoms with Crippen LogP contribution in [0.5, 0.6) is 0 Å². The van der Waals surface area contributed by atoms with Crippen LogP contribution in [0.1, 0.15) is 91.9 Å². The van der Waals surface area contributed by atoms with Crippen LogP contribution in [-0.2, 0) is 43.2 Å². The molecule has 2 aliphatic heterocycles. The van der Waals surface area contributed by atoms with Crippen molar-refractivity contribution in [1.82, 2.24) is 31.1 Å². The monoisotopic (exact) mass is 782 g/mol. The van der Waals surface area contributed by atoms with Gasteiger partial charge in [-0.1, -0.05) is 27.7 Å². The number of likely N-dealkylation sites (tertiary alicyclic amines) is 2. The maximum atomic E-state index is 13.8. The van der Waals surface area contributed by atoms with E-state index in [-0.39, 0.29) is 57.2 Å². The topological polar surface area (TPSA) is 321 Å². The number of carbonyl (C=O) groups is 9. The first-order chi connectivity index (χ1) is 25.8. The molecule has 0 bridgehead atoms. The number of nitrogens with two attached hydrogens (primary N) is 2. The largest absolute Gasteiger partial charge is 0.481 e. The highest BCUT2D eigenvalue weighted by Gasteiger charge is 2.42. The molecule has 0 aromatic carbocycles. The van der Waals surface area contributed by atoms with Crippen LogP contribution in [0.4, 0.5) is 0 Å². The summed E-state index contributed by atoms with van der Waals surface area (Å²) < 4.78 is 0. The Labute approximate surface area is 319 Å². The molecular formula is C35H58N8O12. The van der Waals surface area contributed by atoms with Crippen molar-refractivity contribution in [2.45, 2.75) is 134 Å². The van der Waals surface area contributed by atoms with Crippen LogP contribution in [0.3, 0.4) is 0 Å². The standard InChI is InChI=1S/C35H58N8O12/c1-18(2)15-21(30(49)40-22(16-26(44)45)34(53)43-14-8-11-25(43)35(54)55)39-29(48)20(9-5-6-12-36)38-31(50)24-10-7-13-42(24)33(52)23(17-27(46)47)41-32(51)28(37)19(3)4/h18-25,28H,5-17,36-37H2,1-4H3,(H,38,50)(H,39,48)(H,40,49)(H,41,51)(H,44,45)(H,46,47)(H,54,55)/t20-,21-,22-,23-,24-,25-,28-/m0/s1. The lowest BCUT2D eigenvalue weighted by atomic mass is 10.0. The third-order valence-corrected chi connectivity index (χ3v) is 9.59. The van der Waals surface area contributed by atoms with Crippen molar-refractivity contribution in [3.8, 4) is 0 Å². The molecule has 20 heteroatoms. The normalized spacial score (nSPS) is 19.6. The molecule has 0 radical (unpaired) electrons. The van der Waals surface area contributed by atoms with E-state index < -0.39 is 108 Å². The highest BCUT2D eigenvalue weighted by atomic mass is 16.4. The highest BCUT2D eigenvalue weighted by Crippen LogP contribution is 2.22. The summed E-state index contributed by atoms with van der Waals surface area (Å²) in [5.74, 6) is -9.39. The van der Waals surface area contributed by atoms with E-state index in [4.69, 9.17) is 11.5 Å². The van der Waals surface area contributed by atoms with Gasteiger partial charge in [0.1, 0.15) is 36.3 Å². The number of carbonyl (C=O) groups excluding carboxylic acids is 6. The van der Waals surface area contributed by atoms with Gasteiger partial charge in [-0.15, -0.1) is 0 Å². The molecule has 6 amide bonds. The second-order valence-corrected chi connectivity index (χ2v) is 14.8. The van der Waals surface area contributed by atoms with Crippen LogP contribution in [0.15, 0.2) is 0 Å². The summed E-state index contributed by atoms with van der Waals surface area (Å²) in [4.78, 5) is 118. The molecule has 11 N–H and O–H groups in total. The van der Waals surface area contributed by atoms with Crippen LogP contribution < -0.4 is 32.7 Å². The summed E-state index contributed by atoms with van der Waals surface area (Å²) in [7, 11) is 0. The second kappa shape index (κ2) is 21.9. The molecule has 0 spiro atoms. The molecule has 2 heterocycles. The van der Waals surface area contributed by atoms with Gasteiger partial charge in [0.15, 0.2) is 0 Å². The minimum absolute atomic E-state index is 0.0402. The first-order valence-corrected chi connectivity index (χ1v) is 18.7. The fourth-order valence-electron chi connectivity index (χ4n) is 6.59. The van der Waals surface area contributed by atoms with Gasteiger partial charge < -0.3 is 57.9 Å². The summed E-state index contributed by atoms with van der Waals surface area (Å²) in [5, 5.41) is 38.6. The van der Waals surface area contributed by atoms with Crippen LogP contribution in [-0.4, -0.2) is 140 Å². The molecule has 310 valence electrons. The van der Waals surface area contributed by atoms with Crippen molar-refractivity contribution in [2.24, 2.45) is 23.3 Å². The third-order valence-electron chi connectivity index (χ3n) is 9.59. The molecule has 0 aromatic rings. The number of hydrogen-bond acceptors (Lipinski definition) is 11. The predicted molar refractivity (Wildman–Crippen MR) is 195 cm³/mol. The van der Waals surface area contributed by atoms with E-state index in [2.05, 4.69) is 21.3 Å². The van der Waals surface area contributed by atoms with Gasteiger partial charge in [0, 0.05) is 13.1 Å². The van der Waals surface area contributed by atoms with Crippen LogP contribution in [0.2, 0.25) is 0 Å². The molecule has 7 atom stereocenters. The predicted octanol–water partition coefficient (Wildman–Crippen LogP) is -1.90. The van der Waals surface area contributed by atoms with E-state index in [1.807, 2.05) is 0 Å². The average molecular weight is 783 g/mol. The molecule has 0 unspecified atom stereocenters. The van der Waals surface area contributed by atoms with Gasteiger partial charge in [-0.3, -0.25) is 38.4 Å². The van der Waals surface area contributed by atoms with Crippen molar-refractivity contribution in [3.63, 3.8) is 0 Å². The minimum Gasteiger partial charge on any atom is -0.481 e. The van der Waals surface area contributed by atoms with Gasteiger partial charge in [-0.2, -0.15) is 0 Å². The van der Waals surface area contributed by atoms with Gasteiger partial charge in [0.2, 0.25) is 35.4 Å². The van der Waals surface area contributed by atoms with E-state index in [1.165, 1.54) is 0 Å². The van der Waals surface area contributed by atoms with Gasteiger partial charge in [0.25, 0.3) is 0 Å². The van der Waals surface area contributed by atoms with E-state index >= 15 is 0 Å². The first kappa shape index (κ1) is 46.3. The summed E-state index contributed by atoms with van der Waals surface area (Å²) >= 11 is 0. The molecule has 0 aliphatic carbocycles. The quantitative estimate of drug-likeness (QED) is 0.0542. The van der Waals surface area contributed by atoms with Crippen molar-refractivity contribution in [3.05, 3.63) is 0 Å². The fraction of sp³-hybridized carbons (Fsp3) is 0.743. The van der Waals surface area contributed by atoms with Gasteiger partial charge in [0.05, 0.1) is 18.9 Å². The molecule has 0 aromatic heterocycles. The van der Waals surface area contributed by atoms with Gasteiger partial charge in [-0.25, -0.2) is 4.79 Å². The number of unbranched alkanes of at least 4 members (excludes halogenated alkanes) is 1. The van der Waals surface area contributed by atoms with Crippen molar-refractivity contribution in [2.75, 3.05) is 19.6 Å². The molecule has 2 fully saturated rings. The molecule has 2 aliphatic rings. The number of carboxylic acids is 3. The SMILES string of the molecule is CC(C)C[C@H](NC(=O)[C@H](CCCCN)NC(=O)[C@@H]1CCCN1C(=O)[C@H](CC(=O)O)NC(=O)[C@@H](N)C(C)C)C(=O)N[C@@H](CC(=O)O)C(=O)N1CCC[C@H]1C(=O)O. The zero-order valence-electron chi connectivity index (χ0n) is 32.0. The molecule has 2 rings (SSSR count). The number of rotatable bonds is 22. The Bertz CT molecular complexity index is 1430. The minimum atomic E-state index is -1.63. The Morgan fingerprint density at radius 1 is 0.655 bits per heavy atom. The number of nitrogens with one attached hydrogen (secondary N) is 4. The van der Waals surface area contributed by atoms with Crippen molar-refractivity contribution in [1.29, 1.82) is 0 Å².